The maximum Gasteiger partial charge on any atom is 0.107 e. The lowest BCUT2D eigenvalue weighted by Gasteiger charge is -2.07. The fourth-order valence-electron chi connectivity index (χ4n) is 0.225. The number of alkyl halides is 1. The van der Waals surface area contributed by atoms with E-state index in [2.05, 4.69) is 6.58 Å². The Bertz CT molecular complexity index is 54.0. The van der Waals surface area contributed by atoms with E-state index in [-0.39, 0.29) is 6.67 Å². The van der Waals surface area contributed by atoms with Gasteiger partial charge in [-0.15, -0.1) is 0 Å². The van der Waals surface area contributed by atoms with Crippen LogP contribution < -0.4 is 0 Å². The second-order valence-electron chi connectivity index (χ2n) is 1.35. The standard InChI is InChI=1S/C5H10FN/c1-3-7(2)5-4-6/h3H,1,4-5H2,2H3. The molecule has 0 aromatic heterocycles. The normalized spacial score (nSPS) is 8.29. The smallest absolute Gasteiger partial charge is 0.107 e. The van der Waals surface area contributed by atoms with Crippen molar-refractivity contribution in [1.82, 2.24) is 4.90 Å². The Labute approximate surface area is 43.4 Å². The molecule has 0 fully saturated rings. The van der Waals surface area contributed by atoms with Crippen LogP contribution in [0.15, 0.2) is 12.8 Å². The zero-order valence-electron chi connectivity index (χ0n) is 4.52. The molecule has 0 N–H and O–H groups in total. The van der Waals surface area contributed by atoms with Crippen LogP contribution in [0.2, 0.25) is 0 Å². The maximum atomic E-state index is 11.3. The second kappa shape index (κ2) is 3.65. The fraction of sp³-hybridized carbons (Fsp3) is 0.600. The molecule has 0 amide bonds. The van der Waals surface area contributed by atoms with E-state index >= 15 is 0 Å². The Morgan fingerprint density at radius 1 is 1.86 bits per heavy atom. The molecule has 1 nitrogen and oxygen atoms in total. The number of nitrogens with zero attached hydrogens (tertiary/aromatic N) is 1. The van der Waals surface area contributed by atoms with Gasteiger partial charge in [-0.1, -0.05) is 6.58 Å². The molecule has 0 rings (SSSR count). The van der Waals surface area contributed by atoms with Gasteiger partial charge in [0.25, 0.3) is 0 Å². The summed E-state index contributed by atoms with van der Waals surface area (Å²) in [6.07, 6.45) is 1.60. The predicted octanol–water partition coefficient (Wildman–Crippen LogP) is 1.03. The second-order valence-corrected chi connectivity index (χ2v) is 1.35. The van der Waals surface area contributed by atoms with Crippen molar-refractivity contribution in [3.63, 3.8) is 0 Å². The number of halogens is 1. The van der Waals surface area contributed by atoms with Gasteiger partial charge in [0.1, 0.15) is 6.67 Å². The van der Waals surface area contributed by atoms with Crippen LogP contribution in [0, 0.1) is 0 Å². The molecule has 0 aromatic carbocycles. The molecule has 0 unspecified atom stereocenters. The van der Waals surface area contributed by atoms with Crippen LogP contribution in [-0.4, -0.2) is 25.2 Å². The van der Waals surface area contributed by atoms with Gasteiger partial charge in [0.05, 0.1) is 0 Å². The van der Waals surface area contributed by atoms with Gasteiger partial charge in [0, 0.05) is 13.6 Å². The predicted molar refractivity (Wildman–Crippen MR) is 28.8 cm³/mol. The zero-order valence-corrected chi connectivity index (χ0v) is 4.52. The highest BCUT2D eigenvalue weighted by Crippen LogP contribution is 1.79. The van der Waals surface area contributed by atoms with Crippen LogP contribution in [-0.2, 0) is 0 Å². The van der Waals surface area contributed by atoms with Gasteiger partial charge >= 0.3 is 0 Å². The molecule has 0 heterocycles. The zero-order chi connectivity index (χ0) is 5.70. The first-order valence-corrected chi connectivity index (χ1v) is 2.20. The molecule has 0 aliphatic carbocycles. The molecule has 0 aromatic rings. The Balaban J connectivity index is 2.98. The molecule has 0 aliphatic rings. The van der Waals surface area contributed by atoms with Crippen molar-refractivity contribution >= 4 is 0 Å². The number of rotatable bonds is 3. The van der Waals surface area contributed by atoms with E-state index in [1.165, 1.54) is 0 Å². The summed E-state index contributed by atoms with van der Waals surface area (Å²) in [5, 5.41) is 0. The average Bonchev–Trinajstić information content (AvgIpc) is 1.68. The summed E-state index contributed by atoms with van der Waals surface area (Å²) < 4.78 is 11.3. The van der Waals surface area contributed by atoms with E-state index in [0.717, 1.165) is 0 Å². The van der Waals surface area contributed by atoms with Crippen molar-refractivity contribution in [1.29, 1.82) is 0 Å². The van der Waals surface area contributed by atoms with Crippen molar-refractivity contribution in [2.24, 2.45) is 0 Å². The van der Waals surface area contributed by atoms with Crippen molar-refractivity contribution in [3.05, 3.63) is 12.8 Å². The van der Waals surface area contributed by atoms with Crippen LogP contribution >= 0.6 is 0 Å². The van der Waals surface area contributed by atoms with Crippen LogP contribution in [0.5, 0.6) is 0 Å². The van der Waals surface area contributed by atoms with Crippen molar-refractivity contribution in [2.45, 2.75) is 0 Å². The Morgan fingerprint density at radius 3 is 2.57 bits per heavy atom. The minimum atomic E-state index is -0.303. The number of hydrogen-bond donors (Lipinski definition) is 0. The van der Waals surface area contributed by atoms with Gasteiger partial charge in [0.15, 0.2) is 0 Å². The van der Waals surface area contributed by atoms with Gasteiger partial charge in [0.2, 0.25) is 0 Å². The van der Waals surface area contributed by atoms with Crippen LogP contribution in [0.4, 0.5) is 4.39 Å². The monoisotopic (exact) mass is 103 g/mol. The van der Waals surface area contributed by atoms with E-state index in [1.54, 1.807) is 18.1 Å². The van der Waals surface area contributed by atoms with Gasteiger partial charge in [-0.3, -0.25) is 0 Å². The first-order valence-electron chi connectivity index (χ1n) is 2.20. The van der Waals surface area contributed by atoms with E-state index in [4.69, 9.17) is 0 Å². The average molecular weight is 103 g/mol. The minimum Gasteiger partial charge on any atom is -0.378 e. The van der Waals surface area contributed by atoms with Gasteiger partial charge < -0.3 is 4.90 Å². The van der Waals surface area contributed by atoms with Gasteiger partial charge in [-0.2, -0.15) is 0 Å². The van der Waals surface area contributed by atoms with Crippen molar-refractivity contribution in [3.8, 4) is 0 Å². The maximum absolute atomic E-state index is 11.3. The van der Waals surface area contributed by atoms with E-state index in [1.807, 2.05) is 0 Å². The third kappa shape index (κ3) is 3.30. The number of hydrogen-bond acceptors (Lipinski definition) is 1. The first kappa shape index (κ1) is 6.47. The topological polar surface area (TPSA) is 3.24 Å². The summed E-state index contributed by atoms with van der Waals surface area (Å²) in [5.74, 6) is 0. The molecule has 0 aliphatic heterocycles. The third-order valence-electron chi connectivity index (χ3n) is 0.749. The largest absolute Gasteiger partial charge is 0.378 e. The molecule has 42 valence electrons. The molecule has 0 bridgehead atoms. The molecular formula is C5H10FN. The van der Waals surface area contributed by atoms with E-state index in [9.17, 15) is 4.39 Å². The molecule has 0 atom stereocenters. The summed E-state index contributed by atoms with van der Waals surface area (Å²) >= 11 is 0. The van der Waals surface area contributed by atoms with E-state index < -0.39 is 0 Å². The highest BCUT2D eigenvalue weighted by atomic mass is 19.1. The molecular weight excluding hydrogens is 93.1 g/mol. The molecule has 2 heteroatoms. The molecule has 0 saturated heterocycles. The molecule has 0 spiro atoms. The van der Waals surface area contributed by atoms with Crippen molar-refractivity contribution in [2.75, 3.05) is 20.3 Å². The SMILES string of the molecule is C=CN(C)CCF. The van der Waals surface area contributed by atoms with Crippen molar-refractivity contribution < 1.29 is 4.39 Å². The molecule has 0 saturated carbocycles. The summed E-state index contributed by atoms with van der Waals surface area (Å²) in [4.78, 5) is 1.69. The molecule has 0 radical (unpaired) electrons. The lowest BCUT2D eigenvalue weighted by atomic mass is 10.6. The van der Waals surface area contributed by atoms with Crippen LogP contribution in [0.3, 0.4) is 0 Å². The minimum absolute atomic E-state index is 0.303. The Kier molecular flexibility index (Phi) is 3.38. The van der Waals surface area contributed by atoms with Crippen LogP contribution in [0.25, 0.3) is 0 Å². The van der Waals surface area contributed by atoms with E-state index in [0.29, 0.717) is 6.54 Å². The highest BCUT2D eigenvalue weighted by molar-refractivity contribution is 4.64. The van der Waals surface area contributed by atoms with Crippen LogP contribution in [0.1, 0.15) is 0 Å². The quantitative estimate of drug-likeness (QED) is 0.515. The third-order valence-corrected chi connectivity index (χ3v) is 0.749. The fourth-order valence-corrected chi connectivity index (χ4v) is 0.225. The molecule has 7 heavy (non-hydrogen) atoms. The summed E-state index contributed by atoms with van der Waals surface area (Å²) in [7, 11) is 1.78. The lowest BCUT2D eigenvalue weighted by Crippen LogP contribution is -2.12. The summed E-state index contributed by atoms with van der Waals surface area (Å²) in [5.41, 5.74) is 0. The summed E-state index contributed by atoms with van der Waals surface area (Å²) in [6, 6.07) is 0. The Morgan fingerprint density at radius 2 is 2.43 bits per heavy atom. The Hall–Kier alpha value is -0.530. The highest BCUT2D eigenvalue weighted by Gasteiger charge is 1.83. The van der Waals surface area contributed by atoms with Gasteiger partial charge in [-0.25, -0.2) is 4.39 Å². The summed E-state index contributed by atoms with van der Waals surface area (Å²) in [6.45, 7) is 3.58. The lowest BCUT2D eigenvalue weighted by molar-refractivity contribution is 0.372. The first-order chi connectivity index (χ1) is 3.31. The van der Waals surface area contributed by atoms with Gasteiger partial charge in [-0.05, 0) is 6.20 Å².